The van der Waals surface area contributed by atoms with Gasteiger partial charge in [0.25, 0.3) is 0 Å². The number of aromatic nitrogens is 3. The molecule has 0 saturated heterocycles. The standard InChI is InChI=1S/C13H17BrN4/c1-13(2,3)15-8-10-9-16-17-18(10)12-7-5-4-6-11(12)14/h4-7,9,15H,8H2,1-3H3. The number of nitrogens with zero attached hydrogens (tertiary/aromatic N) is 3. The van der Waals surface area contributed by atoms with Crippen LogP contribution in [-0.2, 0) is 6.54 Å². The first kappa shape index (κ1) is 13.2. The number of halogens is 1. The molecule has 0 spiro atoms. The first-order valence-corrected chi connectivity index (χ1v) is 6.66. The van der Waals surface area contributed by atoms with Gasteiger partial charge in [0.2, 0.25) is 0 Å². The van der Waals surface area contributed by atoms with E-state index in [1.165, 1.54) is 0 Å². The number of hydrogen-bond donors (Lipinski definition) is 1. The Kier molecular flexibility index (Phi) is 3.82. The van der Waals surface area contributed by atoms with E-state index < -0.39 is 0 Å². The van der Waals surface area contributed by atoms with Gasteiger partial charge < -0.3 is 5.32 Å². The van der Waals surface area contributed by atoms with Crippen molar-refractivity contribution in [2.75, 3.05) is 0 Å². The summed E-state index contributed by atoms with van der Waals surface area (Å²) < 4.78 is 2.86. The van der Waals surface area contributed by atoms with Crippen LogP contribution in [0.15, 0.2) is 34.9 Å². The van der Waals surface area contributed by atoms with Crippen LogP contribution >= 0.6 is 15.9 Å². The lowest BCUT2D eigenvalue weighted by Gasteiger charge is -2.20. The van der Waals surface area contributed by atoms with Crippen LogP contribution in [0.5, 0.6) is 0 Å². The van der Waals surface area contributed by atoms with Gasteiger partial charge in [0.1, 0.15) is 0 Å². The zero-order valence-corrected chi connectivity index (χ0v) is 12.4. The van der Waals surface area contributed by atoms with Gasteiger partial charge in [-0.25, -0.2) is 4.68 Å². The van der Waals surface area contributed by atoms with Gasteiger partial charge in [-0.1, -0.05) is 17.3 Å². The summed E-state index contributed by atoms with van der Waals surface area (Å²) in [7, 11) is 0. The Balaban J connectivity index is 2.26. The fraction of sp³-hybridized carbons (Fsp3) is 0.385. The minimum absolute atomic E-state index is 0.0724. The molecule has 96 valence electrons. The summed E-state index contributed by atoms with van der Waals surface area (Å²) in [5, 5.41) is 11.6. The number of rotatable bonds is 3. The lowest BCUT2D eigenvalue weighted by atomic mass is 10.1. The van der Waals surface area contributed by atoms with Crippen LogP contribution < -0.4 is 5.32 Å². The van der Waals surface area contributed by atoms with Crippen molar-refractivity contribution >= 4 is 15.9 Å². The maximum absolute atomic E-state index is 4.14. The maximum atomic E-state index is 4.14. The van der Waals surface area contributed by atoms with Crippen molar-refractivity contribution in [1.29, 1.82) is 0 Å². The molecule has 1 N–H and O–H groups in total. The van der Waals surface area contributed by atoms with Gasteiger partial charge in [-0.05, 0) is 48.8 Å². The number of hydrogen-bond acceptors (Lipinski definition) is 3. The van der Waals surface area contributed by atoms with Crippen LogP contribution in [0.25, 0.3) is 5.69 Å². The summed E-state index contributed by atoms with van der Waals surface area (Å²) in [5.74, 6) is 0. The highest BCUT2D eigenvalue weighted by Crippen LogP contribution is 2.20. The fourth-order valence-electron chi connectivity index (χ4n) is 1.56. The quantitative estimate of drug-likeness (QED) is 0.948. The highest BCUT2D eigenvalue weighted by atomic mass is 79.9. The third kappa shape index (κ3) is 3.17. The van der Waals surface area contributed by atoms with E-state index in [2.05, 4.69) is 52.3 Å². The van der Waals surface area contributed by atoms with Gasteiger partial charge in [0, 0.05) is 16.6 Å². The van der Waals surface area contributed by atoms with Gasteiger partial charge >= 0.3 is 0 Å². The molecule has 0 fully saturated rings. The Labute approximate surface area is 116 Å². The molecule has 0 radical (unpaired) electrons. The molecule has 2 aromatic rings. The first-order chi connectivity index (χ1) is 8.47. The maximum Gasteiger partial charge on any atom is 0.0809 e. The second-order valence-corrected chi connectivity index (χ2v) is 6.05. The Hall–Kier alpha value is -1.20. The molecule has 0 unspecified atom stereocenters. The topological polar surface area (TPSA) is 42.7 Å². The molecular weight excluding hydrogens is 292 g/mol. The highest BCUT2D eigenvalue weighted by molar-refractivity contribution is 9.10. The van der Waals surface area contributed by atoms with Gasteiger partial charge in [-0.2, -0.15) is 0 Å². The van der Waals surface area contributed by atoms with Crippen molar-refractivity contribution in [2.24, 2.45) is 0 Å². The van der Waals surface area contributed by atoms with E-state index >= 15 is 0 Å². The van der Waals surface area contributed by atoms with Crippen molar-refractivity contribution in [3.63, 3.8) is 0 Å². The van der Waals surface area contributed by atoms with E-state index in [1.54, 1.807) is 6.20 Å². The molecule has 0 aliphatic heterocycles. The van der Waals surface area contributed by atoms with E-state index in [9.17, 15) is 0 Å². The van der Waals surface area contributed by atoms with E-state index in [0.717, 1.165) is 22.4 Å². The van der Waals surface area contributed by atoms with Gasteiger partial charge in [-0.3, -0.25) is 0 Å². The molecule has 0 atom stereocenters. The highest BCUT2D eigenvalue weighted by Gasteiger charge is 2.13. The third-order valence-corrected chi connectivity index (χ3v) is 3.17. The number of para-hydroxylation sites is 1. The van der Waals surface area contributed by atoms with Crippen LogP contribution in [0.3, 0.4) is 0 Å². The molecule has 1 heterocycles. The normalized spacial score (nSPS) is 11.8. The monoisotopic (exact) mass is 308 g/mol. The van der Waals surface area contributed by atoms with Gasteiger partial charge in [0.15, 0.2) is 0 Å². The SMILES string of the molecule is CC(C)(C)NCc1cnnn1-c1ccccc1Br. The van der Waals surface area contributed by atoms with E-state index in [4.69, 9.17) is 0 Å². The minimum Gasteiger partial charge on any atom is -0.306 e. The molecule has 0 amide bonds. The zero-order chi connectivity index (χ0) is 13.2. The summed E-state index contributed by atoms with van der Waals surface area (Å²) in [6, 6.07) is 7.98. The largest absolute Gasteiger partial charge is 0.306 e. The summed E-state index contributed by atoms with van der Waals surface area (Å²) in [5.41, 5.74) is 2.11. The molecule has 0 aliphatic rings. The lowest BCUT2D eigenvalue weighted by molar-refractivity contribution is 0.418. The van der Waals surface area contributed by atoms with Crippen LogP contribution in [0.1, 0.15) is 26.5 Å². The summed E-state index contributed by atoms with van der Waals surface area (Å²) in [6.45, 7) is 7.15. The average molecular weight is 309 g/mol. The Morgan fingerprint density at radius 2 is 2.00 bits per heavy atom. The predicted octanol–water partition coefficient (Wildman–Crippen LogP) is 2.92. The molecular formula is C13H17BrN4. The van der Waals surface area contributed by atoms with Crippen LogP contribution in [0.4, 0.5) is 0 Å². The summed E-state index contributed by atoms with van der Waals surface area (Å²) in [4.78, 5) is 0. The third-order valence-electron chi connectivity index (χ3n) is 2.50. The average Bonchev–Trinajstić information content (AvgIpc) is 2.74. The summed E-state index contributed by atoms with van der Waals surface area (Å²) in [6.07, 6.45) is 1.79. The second kappa shape index (κ2) is 5.20. The van der Waals surface area contributed by atoms with E-state index in [-0.39, 0.29) is 5.54 Å². The van der Waals surface area contributed by atoms with Crippen LogP contribution in [0.2, 0.25) is 0 Å². The zero-order valence-electron chi connectivity index (χ0n) is 10.8. The molecule has 0 aliphatic carbocycles. The summed E-state index contributed by atoms with van der Waals surface area (Å²) >= 11 is 3.53. The molecule has 0 bridgehead atoms. The van der Waals surface area contributed by atoms with E-state index in [0.29, 0.717) is 0 Å². The minimum atomic E-state index is 0.0724. The van der Waals surface area contributed by atoms with Crippen molar-refractivity contribution in [1.82, 2.24) is 20.3 Å². The van der Waals surface area contributed by atoms with Gasteiger partial charge in [0.05, 0.1) is 17.6 Å². The molecule has 1 aromatic heterocycles. The fourth-order valence-corrected chi connectivity index (χ4v) is 2.01. The molecule has 5 heteroatoms. The van der Waals surface area contributed by atoms with Crippen molar-refractivity contribution in [3.05, 3.63) is 40.6 Å². The van der Waals surface area contributed by atoms with Gasteiger partial charge in [-0.15, -0.1) is 5.10 Å². The second-order valence-electron chi connectivity index (χ2n) is 5.19. The lowest BCUT2D eigenvalue weighted by Crippen LogP contribution is -2.35. The van der Waals surface area contributed by atoms with Crippen molar-refractivity contribution < 1.29 is 0 Å². The Bertz CT molecular complexity index is 528. The van der Waals surface area contributed by atoms with Crippen LogP contribution in [-0.4, -0.2) is 20.5 Å². The predicted molar refractivity (Wildman–Crippen MR) is 75.7 cm³/mol. The van der Waals surface area contributed by atoms with Crippen LogP contribution in [0, 0.1) is 0 Å². The molecule has 2 rings (SSSR count). The molecule has 0 saturated carbocycles. The Morgan fingerprint density at radius 1 is 1.28 bits per heavy atom. The first-order valence-electron chi connectivity index (χ1n) is 5.87. The van der Waals surface area contributed by atoms with Crippen molar-refractivity contribution in [2.45, 2.75) is 32.9 Å². The molecule has 18 heavy (non-hydrogen) atoms. The van der Waals surface area contributed by atoms with E-state index in [1.807, 2.05) is 28.9 Å². The van der Waals surface area contributed by atoms with Crippen molar-refractivity contribution in [3.8, 4) is 5.69 Å². The number of benzene rings is 1. The Morgan fingerprint density at radius 3 is 2.67 bits per heavy atom. The molecule has 1 aromatic carbocycles. The molecule has 4 nitrogen and oxygen atoms in total. The smallest absolute Gasteiger partial charge is 0.0809 e. The number of nitrogens with one attached hydrogen (secondary N) is 1.